The van der Waals surface area contributed by atoms with Crippen molar-refractivity contribution in [3.05, 3.63) is 0 Å². The van der Waals surface area contributed by atoms with Crippen LogP contribution in [0.1, 0.15) is 32.6 Å². The maximum absolute atomic E-state index is 9.87. The summed E-state index contributed by atoms with van der Waals surface area (Å²) in [6, 6.07) is 0. The summed E-state index contributed by atoms with van der Waals surface area (Å²) in [5.74, 6) is -0.682. The number of unbranched alkanes of at least 4 members (excludes halogenated alkanes) is 2. The third-order valence-electron chi connectivity index (χ3n) is 0.994. The van der Waals surface area contributed by atoms with E-state index in [1.54, 1.807) is 0 Å². The molecule has 56 valence electrons. The SMILES string of the molecule is CCCCCC(=O)O.[Os]. The van der Waals surface area contributed by atoms with Crippen molar-refractivity contribution >= 4 is 5.97 Å². The van der Waals surface area contributed by atoms with Crippen LogP contribution in [0.5, 0.6) is 0 Å². The number of rotatable bonds is 4. The minimum absolute atomic E-state index is 0. The van der Waals surface area contributed by atoms with E-state index in [4.69, 9.17) is 5.11 Å². The van der Waals surface area contributed by atoms with E-state index in [9.17, 15) is 4.79 Å². The minimum atomic E-state index is -0.682. The van der Waals surface area contributed by atoms with Crippen LogP contribution in [0.2, 0.25) is 0 Å². The van der Waals surface area contributed by atoms with Crippen molar-refractivity contribution in [2.45, 2.75) is 32.6 Å². The van der Waals surface area contributed by atoms with Gasteiger partial charge in [0.15, 0.2) is 0 Å². The van der Waals surface area contributed by atoms with Crippen LogP contribution >= 0.6 is 0 Å². The Hall–Kier alpha value is 0.106. The predicted molar refractivity (Wildman–Crippen MR) is 31.8 cm³/mol. The second-order valence-electron chi connectivity index (χ2n) is 1.85. The van der Waals surface area contributed by atoms with Gasteiger partial charge in [-0.2, -0.15) is 0 Å². The molecule has 0 fully saturated rings. The van der Waals surface area contributed by atoms with Gasteiger partial charge >= 0.3 is 5.97 Å². The number of aliphatic carboxylic acids is 1. The largest absolute Gasteiger partial charge is 0.481 e. The quantitative estimate of drug-likeness (QED) is 0.802. The third kappa shape index (κ3) is 11.6. The van der Waals surface area contributed by atoms with Crippen molar-refractivity contribution in [3.8, 4) is 0 Å². The van der Waals surface area contributed by atoms with E-state index in [-0.39, 0.29) is 19.8 Å². The fourth-order valence-electron chi connectivity index (χ4n) is 0.526. The van der Waals surface area contributed by atoms with Crippen molar-refractivity contribution in [3.63, 3.8) is 0 Å². The molecule has 0 aliphatic heterocycles. The Kier molecular flexibility index (Phi) is 10.7. The molecule has 0 rings (SSSR count). The summed E-state index contributed by atoms with van der Waals surface area (Å²) >= 11 is 0. The summed E-state index contributed by atoms with van der Waals surface area (Å²) in [6.07, 6.45) is 3.28. The molecule has 0 aliphatic carbocycles. The topological polar surface area (TPSA) is 37.3 Å². The minimum Gasteiger partial charge on any atom is -0.481 e. The van der Waals surface area contributed by atoms with Gasteiger partial charge in [0, 0.05) is 26.2 Å². The molecule has 0 aliphatic rings. The second-order valence-corrected chi connectivity index (χ2v) is 1.85. The molecule has 0 bridgehead atoms. The molecule has 0 saturated carbocycles. The van der Waals surface area contributed by atoms with Crippen molar-refractivity contribution in [1.82, 2.24) is 0 Å². The van der Waals surface area contributed by atoms with Crippen molar-refractivity contribution in [1.29, 1.82) is 0 Å². The van der Waals surface area contributed by atoms with Crippen LogP contribution in [0.4, 0.5) is 0 Å². The van der Waals surface area contributed by atoms with Gasteiger partial charge < -0.3 is 5.11 Å². The van der Waals surface area contributed by atoms with Crippen molar-refractivity contribution in [2.24, 2.45) is 0 Å². The number of hydrogen-bond donors (Lipinski definition) is 1. The standard InChI is InChI=1S/C6H12O2.Os/c1-2-3-4-5-6(7)8;/h2-5H2,1H3,(H,7,8);. The Morgan fingerprint density at radius 1 is 1.44 bits per heavy atom. The van der Waals surface area contributed by atoms with Crippen molar-refractivity contribution < 1.29 is 29.7 Å². The van der Waals surface area contributed by atoms with E-state index in [0.717, 1.165) is 19.3 Å². The number of carboxylic acids is 1. The van der Waals surface area contributed by atoms with Crippen LogP contribution in [0.15, 0.2) is 0 Å². The van der Waals surface area contributed by atoms with E-state index in [1.165, 1.54) is 0 Å². The molecule has 1 N–H and O–H groups in total. The molecule has 0 aromatic heterocycles. The molecule has 0 radical (unpaired) electrons. The summed E-state index contributed by atoms with van der Waals surface area (Å²) in [5.41, 5.74) is 0. The number of carboxylic acid groups (broad SMARTS) is 1. The van der Waals surface area contributed by atoms with E-state index in [1.807, 2.05) is 0 Å². The first-order valence-corrected chi connectivity index (χ1v) is 2.99. The third-order valence-corrected chi connectivity index (χ3v) is 0.994. The zero-order valence-corrected chi connectivity index (χ0v) is 8.08. The molecular weight excluding hydrogens is 294 g/mol. The van der Waals surface area contributed by atoms with E-state index >= 15 is 0 Å². The van der Waals surface area contributed by atoms with Crippen molar-refractivity contribution in [2.75, 3.05) is 0 Å². The molecule has 0 spiro atoms. The molecule has 0 aromatic carbocycles. The fraction of sp³-hybridized carbons (Fsp3) is 0.833. The molecule has 0 saturated heterocycles. The Morgan fingerprint density at radius 2 is 2.00 bits per heavy atom. The molecule has 0 heterocycles. The van der Waals surface area contributed by atoms with Gasteiger partial charge in [-0.15, -0.1) is 0 Å². The zero-order valence-electron chi connectivity index (χ0n) is 5.54. The van der Waals surface area contributed by atoms with Gasteiger partial charge in [-0.3, -0.25) is 4.79 Å². The first-order chi connectivity index (χ1) is 3.77. The number of hydrogen-bond acceptors (Lipinski definition) is 1. The average molecular weight is 306 g/mol. The van der Waals surface area contributed by atoms with E-state index < -0.39 is 5.97 Å². The number of carbonyl (C=O) groups is 1. The predicted octanol–water partition coefficient (Wildman–Crippen LogP) is 1.65. The normalized spacial score (nSPS) is 8.11. The van der Waals surface area contributed by atoms with Crippen LogP contribution in [-0.2, 0) is 24.6 Å². The Labute approximate surface area is 68.7 Å². The monoisotopic (exact) mass is 308 g/mol. The zero-order chi connectivity index (χ0) is 6.41. The molecule has 0 atom stereocenters. The summed E-state index contributed by atoms with van der Waals surface area (Å²) in [7, 11) is 0. The van der Waals surface area contributed by atoms with Crippen LogP contribution in [-0.4, -0.2) is 11.1 Å². The Balaban J connectivity index is 0. The summed E-state index contributed by atoms with van der Waals surface area (Å²) in [6.45, 7) is 2.06. The van der Waals surface area contributed by atoms with Gasteiger partial charge in [0.25, 0.3) is 0 Å². The molecule has 0 aromatic rings. The van der Waals surface area contributed by atoms with Crippen LogP contribution < -0.4 is 0 Å². The maximum atomic E-state index is 9.87. The second kappa shape index (κ2) is 8.11. The van der Waals surface area contributed by atoms with Crippen LogP contribution in [0.3, 0.4) is 0 Å². The van der Waals surface area contributed by atoms with Crippen LogP contribution in [0, 0.1) is 0 Å². The maximum Gasteiger partial charge on any atom is 0.303 e. The summed E-state index contributed by atoms with van der Waals surface area (Å²) in [5, 5.41) is 8.14. The first-order valence-electron chi connectivity index (χ1n) is 2.99. The summed E-state index contributed by atoms with van der Waals surface area (Å²) < 4.78 is 0. The summed E-state index contributed by atoms with van der Waals surface area (Å²) in [4.78, 5) is 9.87. The smallest absolute Gasteiger partial charge is 0.303 e. The van der Waals surface area contributed by atoms with Gasteiger partial charge in [0.1, 0.15) is 0 Å². The van der Waals surface area contributed by atoms with E-state index in [2.05, 4.69) is 6.92 Å². The molecule has 2 nitrogen and oxygen atoms in total. The Bertz CT molecular complexity index is 73.5. The molecule has 0 amide bonds. The van der Waals surface area contributed by atoms with Gasteiger partial charge in [0.2, 0.25) is 0 Å². The molecule has 9 heavy (non-hydrogen) atoms. The van der Waals surface area contributed by atoms with E-state index in [0.29, 0.717) is 6.42 Å². The molecule has 3 heteroatoms. The van der Waals surface area contributed by atoms with Crippen LogP contribution in [0.25, 0.3) is 0 Å². The fourth-order valence-corrected chi connectivity index (χ4v) is 0.526. The molecular formula is C6H12O2Os. The van der Waals surface area contributed by atoms with Gasteiger partial charge in [-0.1, -0.05) is 19.8 Å². The van der Waals surface area contributed by atoms with Gasteiger partial charge in [0.05, 0.1) is 0 Å². The van der Waals surface area contributed by atoms with Gasteiger partial charge in [-0.25, -0.2) is 0 Å². The first kappa shape index (κ1) is 11.8. The molecule has 0 unspecified atom stereocenters. The average Bonchev–Trinajstić information content (AvgIpc) is 1.66. The Morgan fingerprint density at radius 3 is 2.33 bits per heavy atom. The van der Waals surface area contributed by atoms with Gasteiger partial charge in [-0.05, 0) is 6.42 Å².